The predicted molar refractivity (Wildman–Crippen MR) is 103 cm³/mol. The molecule has 0 radical (unpaired) electrons. The third kappa shape index (κ3) is 5.26. The van der Waals surface area contributed by atoms with E-state index in [2.05, 4.69) is 34.1 Å². The quantitative estimate of drug-likeness (QED) is 0.576. The van der Waals surface area contributed by atoms with Gasteiger partial charge < -0.3 is 19.7 Å². The summed E-state index contributed by atoms with van der Waals surface area (Å²) in [6.07, 6.45) is 2.65. The van der Waals surface area contributed by atoms with Crippen LogP contribution in [0.4, 0.5) is 0 Å². The number of likely N-dealkylation sites (N-methyl/N-ethyl adjacent to an activating group) is 1. The predicted octanol–water partition coefficient (Wildman–Crippen LogP) is 2.19. The first-order valence-corrected chi connectivity index (χ1v) is 8.84. The third-order valence-corrected chi connectivity index (χ3v) is 4.85. The molecule has 140 valence electrons. The van der Waals surface area contributed by atoms with Gasteiger partial charge in [-0.1, -0.05) is 0 Å². The van der Waals surface area contributed by atoms with E-state index in [1.165, 1.54) is 12.8 Å². The molecule has 1 saturated carbocycles. The molecule has 0 amide bonds. The molecule has 1 unspecified atom stereocenters. The van der Waals surface area contributed by atoms with E-state index in [0.29, 0.717) is 12.6 Å². The molecule has 1 atom stereocenters. The molecule has 0 bridgehead atoms. The van der Waals surface area contributed by atoms with Gasteiger partial charge in [0.05, 0.1) is 14.2 Å². The molecular formula is C19H32N4O2. The van der Waals surface area contributed by atoms with E-state index >= 15 is 0 Å². The van der Waals surface area contributed by atoms with Crippen molar-refractivity contribution in [1.29, 1.82) is 0 Å². The molecule has 0 heterocycles. The van der Waals surface area contributed by atoms with Gasteiger partial charge in [0.15, 0.2) is 5.96 Å². The zero-order valence-corrected chi connectivity index (χ0v) is 16.4. The monoisotopic (exact) mass is 348 g/mol. The first kappa shape index (κ1) is 19.4. The smallest absolute Gasteiger partial charge is 0.193 e. The summed E-state index contributed by atoms with van der Waals surface area (Å²) in [5, 5.41) is 3.48. The minimum absolute atomic E-state index is 0.480. The van der Waals surface area contributed by atoms with Crippen molar-refractivity contribution in [1.82, 2.24) is 15.1 Å². The van der Waals surface area contributed by atoms with Gasteiger partial charge in [-0.2, -0.15) is 0 Å². The van der Waals surface area contributed by atoms with Gasteiger partial charge in [-0.25, -0.2) is 0 Å². The van der Waals surface area contributed by atoms with Crippen LogP contribution in [-0.2, 0) is 6.54 Å². The van der Waals surface area contributed by atoms with Crippen LogP contribution in [0.1, 0.15) is 25.3 Å². The van der Waals surface area contributed by atoms with Crippen molar-refractivity contribution in [2.75, 3.05) is 41.9 Å². The Morgan fingerprint density at radius 3 is 2.56 bits per heavy atom. The van der Waals surface area contributed by atoms with Crippen molar-refractivity contribution in [2.45, 2.75) is 38.4 Å². The van der Waals surface area contributed by atoms with Crippen molar-refractivity contribution < 1.29 is 9.47 Å². The van der Waals surface area contributed by atoms with E-state index < -0.39 is 0 Å². The standard InChI is InChI=1S/C19H32N4O2/c1-14(23(4)16-8-9-16)12-21-19(20-2)22(3)13-15-7-10-17(24-5)11-18(15)25-6/h7,10-11,14,16H,8-9,12-13H2,1-6H3,(H,20,21). The minimum Gasteiger partial charge on any atom is -0.497 e. The summed E-state index contributed by atoms with van der Waals surface area (Å²) in [4.78, 5) is 8.97. The number of guanidine groups is 1. The summed E-state index contributed by atoms with van der Waals surface area (Å²) >= 11 is 0. The minimum atomic E-state index is 0.480. The van der Waals surface area contributed by atoms with E-state index in [1.807, 2.05) is 32.3 Å². The summed E-state index contributed by atoms with van der Waals surface area (Å²) in [7, 11) is 9.40. The second-order valence-corrected chi connectivity index (χ2v) is 6.71. The van der Waals surface area contributed by atoms with Gasteiger partial charge in [0.2, 0.25) is 0 Å². The Morgan fingerprint density at radius 1 is 1.28 bits per heavy atom. The zero-order valence-electron chi connectivity index (χ0n) is 16.4. The number of benzene rings is 1. The summed E-state index contributed by atoms with van der Waals surface area (Å²) < 4.78 is 10.8. The molecule has 0 saturated heterocycles. The van der Waals surface area contributed by atoms with Crippen LogP contribution >= 0.6 is 0 Å². The highest BCUT2D eigenvalue weighted by molar-refractivity contribution is 5.79. The Labute approximate surface area is 151 Å². The molecule has 0 aliphatic heterocycles. The van der Waals surface area contributed by atoms with E-state index in [4.69, 9.17) is 9.47 Å². The molecule has 6 nitrogen and oxygen atoms in total. The van der Waals surface area contributed by atoms with Gasteiger partial charge in [-0.05, 0) is 38.9 Å². The van der Waals surface area contributed by atoms with E-state index in [1.54, 1.807) is 14.2 Å². The van der Waals surface area contributed by atoms with Crippen molar-refractivity contribution in [3.63, 3.8) is 0 Å². The normalized spacial score (nSPS) is 15.9. The highest BCUT2D eigenvalue weighted by Crippen LogP contribution is 2.27. The molecule has 1 N–H and O–H groups in total. The first-order valence-electron chi connectivity index (χ1n) is 8.84. The number of hydrogen-bond acceptors (Lipinski definition) is 4. The molecule has 6 heteroatoms. The zero-order chi connectivity index (χ0) is 18.4. The van der Waals surface area contributed by atoms with Crippen molar-refractivity contribution in [2.24, 2.45) is 4.99 Å². The van der Waals surface area contributed by atoms with Crippen LogP contribution in [0.2, 0.25) is 0 Å². The summed E-state index contributed by atoms with van der Waals surface area (Å²) in [6.45, 7) is 3.84. The number of nitrogens with zero attached hydrogens (tertiary/aromatic N) is 3. The number of ether oxygens (including phenoxy) is 2. The second-order valence-electron chi connectivity index (χ2n) is 6.71. The Balaban J connectivity index is 1.94. The van der Waals surface area contributed by atoms with Crippen molar-refractivity contribution >= 4 is 5.96 Å². The summed E-state index contributed by atoms with van der Waals surface area (Å²) in [5.41, 5.74) is 1.09. The van der Waals surface area contributed by atoms with Crippen LogP contribution in [0.15, 0.2) is 23.2 Å². The van der Waals surface area contributed by atoms with E-state index in [0.717, 1.165) is 35.6 Å². The molecule has 1 aromatic carbocycles. The second kappa shape index (κ2) is 8.94. The topological polar surface area (TPSA) is 49.3 Å². The molecule has 25 heavy (non-hydrogen) atoms. The van der Waals surface area contributed by atoms with Gasteiger partial charge >= 0.3 is 0 Å². The Bertz CT molecular complexity index is 587. The lowest BCUT2D eigenvalue weighted by molar-refractivity contribution is 0.246. The SMILES string of the molecule is CN=C(NCC(C)N(C)C1CC1)N(C)Cc1ccc(OC)cc1OC. The molecule has 1 aliphatic rings. The van der Waals surface area contributed by atoms with Gasteiger partial charge in [0.1, 0.15) is 11.5 Å². The maximum atomic E-state index is 5.49. The van der Waals surface area contributed by atoms with Crippen LogP contribution in [-0.4, -0.2) is 69.8 Å². The van der Waals surface area contributed by atoms with Crippen LogP contribution in [0.5, 0.6) is 11.5 Å². The maximum Gasteiger partial charge on any atom is 0.193 e. The molecule has 1 fully saturated rings. The van der Waals surface area contributed by atoms with Gasteiger partial charge in [-0.3, -0.25) is 9.89 Å². The Kier molecular flexibility index (Phi) is 6.93. The van der Waals surface area contributed by atoms with Crippen LogP contribution in [0, 0.1) is 0 Å². The maximum absolute atomic E-state index is 5.49. The van der Waals surface area contributed by atoms with Crippen molar-refractivity contribution in [3.8, 4) is 11.5 Å². The van der Waals surface area contributed by atoms with Crippen molar-refractivity contribution in [3.05, 3.63) is 23.8 Å². The van der Waals surface area contributed by atoms with E-state index in [-0.39, 0.29) is 0 Å². The van der Waals surface area contributed by atoms with Crippen LogP contribution < -0.4 is 14.8 Å². The van der Waals surface area contributed by atoms with Crippen LogP contribution in [0.3, 0.4) is 0 Å². The molecule has 0 spiro atoms. The molecule has 1 aromatic rings. The van der Waals surface area contributed by atoms with Gasteiger partial charge in [-0.15, -0.1) is 0 Å². The lowest BCUT2D eigenvalue weighted by Gasteiger charge is -2.28. The van der Waals surface area contributed by atoms with E-state index in [9.17, 15) is 0 Å². The fraction of sp³-hybridized carbons (Fsp3) is 0.632. The number of aliphatic imine (C=N–C) groups is 1. The van der Waals surface area contributed by atoms with Gasteiger partial charge in [0.25, 0.3) is 0 Å². The first-order chi connectivity index (χ1) is 12.0. The fourth-order valence-electron chi connectivity index (χ4n) is 2.92. The highest BCUT2D eigenvalue weighted by Gasteiger charge is 2.29. The van der Waals surface area contributed by atoms with Gasteiger partial charge in [0, 0.05) is 50.9 Å². The highest BCUT2D eigenvalue weighted by atomic mass is 16.5. The number of methoxy groups -OCH3 is 2. The Morgan fingerprint density at radius 2 is 2.00 bits per heavy atom. The fourth-order valence-corrected chi connectivity index (χ4v) is 2.92. The average Bonchev–Trinajstić information content (AvgIpc) is 3.46. The number of nitrogens with one attached hydrogen (secondary N) is 1. The number of rotatable bonds is 8. The summed E-state index contributed by atoms with van der Waals surface area (Å²) in [6, 6.07) is 7.14. The molecule has 1 aliphatic carbocycles. The third-order valence-electron chi connectivity index (χ3n) is 4.85. The largest absolute Gasteiger partial charge is 0.497 e. The average molecular weight is 348 g/mol. The molecule has 0 aromatic heterocycles. The lowest BCUT2D eigenvalue weighted by atomic mass is 10.2. The number of hydrogen-bond donors (Lipinski definition) is 1. The Hall–Kier alpha value is -1.95. The summed E-state index contributed by atoms with van der Waals surface area (Å²) in [5.74, 6) is 2.50. The molecular weight excluding hydrogens is 316 g/mol. The molecule has 2 rings (SSSR count). The van der Waals surface area contributed by atoms with Crippen LogP contribution in [0.25, 0.3) is 0 Å². The lowest BCUT2D eigenvalue weighted by Crippen LogP contribution is -2.45.